The zero-order chi connectivity index (χ0) is 16.3. The number of nitrogens with zero attached hydrogens (tertiary/aromatic N) is 2. The van der Waals surface area contributed by atoms with Crippen LogP contribution < -0.4 is 11.5 Å². The number of nitro benzene ring substituents is 1. The first-order valence-electron chi connectivity index (χ1n) is 6.63. The van der Waals surface area contributed by atoms with Gasteiger partial charge in [-0.2, -0.15) is 0 Å². The van der Waals surface area contributed by atoms with E-state index in [1.165, 1.54) is 12.1 Å². The number of benzene rings is 1. The Morgan fingerprint density at radius 3 is 2.73 bits per heavy atom. The first kappa shape index (κ1) is 16.2. The molecule has 0 radical (unpaired) electrons. The molecule has 0 spiro atoms. The summed E-state index contributed by atoms with van der Waals surface area (Å²) in [6.07, 6.45) is 0.768. The number of nitro groups is 1. The van der Waals surface area contributed by atoms with Gasteiger partial charge in [-0.15, -0.1) is 11.8 Å². The monoisotopic (exact) mass is 324 g/mol. The Labute approximate surface area is 131 Å². The second-order valence-electron chi connectivity index (χ2n) is 4.98. The molecule has 0 aromatic heterocycles. The molecule has 1 aromatic rings. The maximum atomic E-state index is 12.0. The molecule has 1 saturated heterocycles. The van der Waals surface area contributed by atoms with Gasteiger partial charge in [0.1, 0.15) is 0 Å². The lowest BCUT2D eigenvalue weighted by Crippen LogP contribution is -2.33. The lowest BCUT2D eigenvalue weighted by atomic mass is 10.2. The van der Waals surface area contributed by atoms with E-state index in [0.29, 0.717) is 18.0 Å². The molecule has 1 heterocycles. The molecule has 22 heavy (non-hydrogen) atoms. The third kappa shape index (κ3) is 3.74. The van der Waals surface area contributed by atoms with Crippen LogP contribution in [0, 0.1) is 10.1 Å². The molecule has 0 bridgehead atoms. The molecule has 8 nitrogen and oxygen atoms in total. The maximum absolute atomic E-state index is 12.0. The van der Waals surface area contributed by atoms with E-state index in [0.717, 1.165) is 24.2 Å². The van der Waals surface area contributed by atoms with E-state index in [9.17, 15) is 19.7 Å². The highest BCUT2D eigenvalue weighted by atomic mass is 32.2. The topological polar surface area (TPSA) is 133 Å². The fourth-order valence-electron chi connectivity index (χ4n) is 2.18. The van der Waals surface area contributed by atoms with Crippen LogP contribution in [0.25, 0.3) is 0 Å². The number of primary amides is 1. The van der Waals surface area contributed by atoms with E-state index in [-0.39, 0.29) is 29.0 Å². The Balaban J connectivity index is 2.07. The minimum Gasteiger partial charge on any atom is -0.366 e. The number of amides is 2. The van der Waals surface area contributed by atoms with Crippen LogP contribution in [0.5, 0.6) is 0 Å². The Hall–Kier alpha value is -2.13. The second kappa shape index (κ2) is 6.75. The Bertz CT molecular complexity index is 622. The van der Waals surface area contributed by atoms with Gasteiger partial charge in [0.15, 0.2) is 0 Å². The van der Waals surface area contributed by atoms with Crippen molar-refractivity contribution in [2.24, 2.45) is 11.5 Å². The van der Waals surface area contributed by atoms with Gasteiger partial charge in [-0.1, -0.05) is 0 Å². The molecule has 118 valence electrons. The first-order valence-corrected chi connectivity index (χ1v) is 7.61. The van der Waals surface area contributed by atoms with Gasteiger partial charge in [0.2, 0.25) is 11.8 Å². The predicted octanol–water partition coefficient (Wildman–Crippen LogP) is 0.345. The number of carbonyl (C=O) groups excluding carboxylic acids is 2. The van der Waals surface area contributed by atoms with Crippen molar-refractivity contribution < 1.29 is 14.5 Å². The largest absolute Gasteiger partial charge is 0.366 e. The van der Waals surface area contributed by atoms with Crippen LogP contribution in [-0.2, 0) is 4.79 Å². The van der Waals surface area contributed by atoms with Crippen LogP contribution in [0.2, 0.25) is 0 Å². The van der Waals surface area contributed by atoms with Crippen molar-refractivity contribution in [1.29, 1.82) is 0 Å². The standard InChI is InChI=1S/C13H16N4O4S/c14-9-3-4-16(6-9)12(18)7-22-11-2-1-8(13(15)19)5-10(11)17(20)21/h1-2,5,9H,3-4,6-7,14H2,(H2,15,19)/t9-/m1/s1. The number of hydrogen-bond acceptors (Lipinski definition) is 6. The minimum atomic E-state index is -0.734. The molecule has 2 rings (SSSR count). The summed E-state index contributed by atoms with van der Waals surface area (Å²) in [5, 5.41) is 11.1. The highest BCUT2D eigenvalue weighted by Crippen LogP contribution is 2.30. The van der Waals surface area contributed by atoms with Gasteiger partial charge in [-0.05, 0) is 18.6 Å². The van der Waals surface area contributed by atoms with Gasteiger partial charge in [0.05, 0.1) is 15.6 Å². The van der Waals surface area contributed by atoms with Crippen molar-refractivity contribution in [1.82, 2.24) is 4.90 Å². The van der Waals surface area contributed by atoms with E-state index >= 15 is 0 Å². The SMILES string of the molecule is NC(=O)c1ccc(SCC(=O)N2CC[C@@H](N)C2)c([N+](=O)[O-])c1. The third-order valence-electron chi connectivity index (χ3n) is 3.37. The van der Waals surface area contributed by atoms with Gasteiger partial charge >= 0.3 is 0 Å². The summed E-state index contributed by atoms with van der Waals surface area (Å²) in [7, 11) is 0. The van der Waals surface area contributed by atoms with Crippen molar-refractivity contribution in [3.8, 4) is 0 Å². The van der Waals surface area contributed by atoms with Crippen LogP contribution in [0.15, 0.2) is 23.1 Å². The summed E-state index contributed by atoms with van der Waals surface area (Å²) in [4.78, 5) is 35.6. The molecule has 1 aliphatic rings. The summed E-state index contributed by atoms with van der Waals surface area (Å²) in [5.74, 6) is -0.753. The second-order valence-corrected chi connectivity index (χ2v) is 6.00. The maximum Gasteiger partial charge on any atom is 0.283 e. The van der Waals surface area contributed by atoms with Gasteiger partial charge in [-0.25, -0.2) is 0 Å². The molecule has 0 unspecified atom stereocenters. The summed E-state index contributed by atoms with van der Waals surface area (Å²) in [6.45, 7) is 1.13. The minimum absolute atomic E-state index is 0.00173. The van der Waals surface area contributed by atoms with Crippen LogP contribution in [0.4, 0.5) is 5.69 Å². The number of likely N-dealkylation sites (tertiary alicyclic amines) is 1. The molecule has 1 aliphatic heterocycles. The van der Waals surface area contributed by atoms with E-state index in [4.69, 9.17) is 11.5 Å². The molecule has 1 atom stereocenters. The lowest BCUT2D eigenvalue weighted by Gasteiger charge is -2.15. The van der Waals surface area contributed by atoms with Crippen LogP contribution in [-0.4, -0.2) is 46.5 Å². The number of hydrogen-bond donors (Lipinski definition) is 2. The Kier molecular flexibility index (Phi) is 4.99. The number of rotatable bonds is 5. The summed E-state index contributed by atoms with van der Waals surface area (Å²) in [5.41, 5.74) is 10.7. The summed E-state index contributed by atoms with van der Waals surface area (Å²) >= 11 is 1.07. The van der Waals surface area contributed by atoms with Gasteiger partial charge in [0, 0.05) is 30.8 Å². The highest BCUT2D eigenvalue weighted by Gasteiger charge is 2.24. The van der Waals surface area contributed by atoms with E-state index in [2.05, 4.69) is 0 Å². The average Bonchev–Trinajstić information content (AvgIpc) is 2.91. The fourth-order valence-corrected chi connectivity index (χ4v) is 3.09. The van der Waals surface area contributed by atoms with Gasteiger partial charge < -0.3 is 16.4 Å². The van der Waals surface area contributed by atoms with Crippen molar-refractivity contribution in [2.75, 3.05) is 18.8 Å². The van der Waals surface area contributed by atoms with Crippen LogP contribution in [0.3, 0.4) is 0 Å². The first-order chi connectivity index (χ1) is 10.4. The highest BCUT2D eigenvalue weighted by molar-refractivity contribution is 8.00. The number of nitrogens with two attached hydrogens (primary N) is 2. The Morgan fingerprint density at radius 2 is 2.18 bits per heavy atom. The predicted molar refractivity (Wildman–Crippen MR) is 81.5 cm³/mol. The fraction of sp³-hybridized carbons (Fsp3) is 0.385. The average molecular weight is 324 g/mol. The van der Waals surface area contributed by atoms with Crippen molar-refractivity contribution in [3.63, 3.8) is 0 Å². The molecule has 2 amide bonds. The van der Waals surface area contributed by atoms with E-state index in [1.807, 2.05) is 0 Å². The zero-order valence-corrected chi connectivity index (χ0v) is 12.5. The summed E-state index contributed by atoms with van der Waals surface area (Å²) in [6, 6.07) is 3.97. The molecular weight excluding hydrogens is 308 g/mol. The van der Waals surface area contributed by atoms with Crippen LogP contribution in [0.1, 0.15) is 16.8 Å². The van der Waals surface area contributed by atoms with Crippen LogP contribution >= 0.6 is 11.8 Å². The molecule has 1 fully saturated rings. The van der Waals surface area contributed by atoms with E-state index < -0.39 is 10.8 Å². The normalized spacial score (nSPS) is 17.5. The lowest BCUT2D eigenvalue weighted by molar-refractivity contribution is -0.387. The van der Waals surface area contributed by atoms with Crippen molar-refractivity contribution in [2.45, 2.75) is 17.4 Å². The van der Waals surface area contributed by atoms with E-state index in [1.54, 1.807) is 4.90 Å². The molecule has 1 aromatic carbocycles. The van der Waals surface area contributed by atoms with Crippen molar-refractivity contribution >= 4 is 29.3 Å². The quantitative estimate of drug-likeness (QED) is 0.456. The molecular formula is C13H16N4O4S. The number of carbonyl (C=O) groups is 2. The van der Waals surface area contributed by atoms with Gasteiger partial charge in [0.25, 0.3) is 5.69 Å². The smallest absolute Gasteiger partial charge is 0.283 e. The zero-order valence-electron chi connectivity index (χ0n) is 11.7. The molecule has 4 N–H and O–H groups in total. The van der Waals surface area contributed by atoms with Gasteiger partial charge in [-0.3, -0.25) is 19.7 Å². The number of thioether (sulfide) groups is 1. The summed E-state index contributed by atoms with van der Waals surface area (Å²) < 4.78 is 0. The molecule has 9 heteroatoms. The third-order valence-corrected chi connectivity index (χ3v) is 4.42. The molecule has 0 saturated carbocycles. The van der Waals surface area contributed by atoms with Crippen molar-refractivity contribution in [3.05, 3.63) is 33.9 Å². The molecule has 0 aliphatic carbocycles. The Morgan fingerprint density at radius 1 is 1.45 bits per heavy atom.